The lowest BCUT2D eigenvalue weighted by Gasteiger charge is -2.13. The fraction of sp³-hybridized carbons (Fsp3) is 0.267. The summed E-state index contributed by atoms with van der Waals surface area (Å²) in [6.07, 6.45) is 1.66. The van der Waals surface area contributed by atoms with Crippen molar-refractivity contribution in [1.29, 1.82) is 0 Å². The average Bonchev–Trinajstić information content (AvgIpc) is 2.50. The molecule has 7 nitrogen and oxygen atoms in total. The first-order valence-corrected chi connectivity index (χ1v) is 6.74. The maximum Gasteiger partial charge on any atom is 0.329 e. The van der Waals surface area contributed by atoms with Crippen molar-refractivity contribution < 1.29 is 0 Å². The lowest BCUT2D eigenvalue weighted by Crippen LogP contribution is -2.33. The third-order valence-corrected chi connectivity index (χ3v) is 3.27. The standard InChI is InChI=1S/C15H19N5O2/c1-18(2)12-7-5-11(6-8-12)10-16-20(4)13-9-14(21)19(3)15(22)17-13/h5-10H,1-4H3,(H,17,22)/b16-10+. The fourth-order valence-corrected chi connectivity index (χ4v) is 1.79. The van der Waals surface area contributed by atoms with Crippen LogP contribution in [0.4, 0.5) is 11.5 Å². The molecule has 0 atom stereocenters. The lowest BCUT2D eigenvalue weighted by atomic mass is 10.2. The Labute approximate surface area is 128 Å². The van der Waals surface area contributed by atoms with E-state index in [1.807, 2.05) is 43.3 Å². The summed E-state index contributed by atoms with van der Waals surface area (Å²) >= 11 is 0. The second kappa shape index (κ2) is 6.30. The monoisotopic (exact) mass is 301 g/mol. The minimum Gasteiger partial charge on any atom is -0.378 e. The maximum absolute atomic E-state index is 11.6. The van der Waals surface area contributed by atoms with Gasteiger partial charge in [0.2, 0.25) is 0 Å². The van der Waals surface area contributed by atoms with Gasteiger partial charge in [0.15, 0.2) is 0 Å². The highest BCUT2D eigenvalue weighted by Crippen LogP contribution is 2.11. The Morgan fingerprint density at radius 3 is 2.32 bits per heavy atom. The van der Waals surface area contributed by atoms with Crippen LogP contribution in [0.3, 0.4) is 0 Å². The van der Waals surface area contributed by atoms with Crippen molar-refractivity contribution in [2.24, 2.45) is 12.1 Å². The zero-order valence-corrected chi connectivity index (χ0v) is 13.1. The van der Waals surface area contributed by atoms with E-state index < -0.39 is 5.69 Å². The molecule has 0 spiro atoms. The van der Waals surface area contributed by atoms with Gasteiger partial charge in [-0.25, -0.2) is 4.79 Å². The zero-order valence-electron chi connectivity index (χ0n) is 13.1. The highest BCUT2D eigenvalue weighted by atomic mass is 16.2. The Morgan fingerprint density at radius 2 is 1.77 bits per heavy atom. The molecule has 0 fully saturated rings. The predicted octanol–water partition coefficient (Wildman–Crippen LogP) is 0.610. The van der Waals surface area contributed by atoms with Crippen molar-refractivity contribution in [3.05, 3.63) is 56.7 Å². The van der Waals surface area contributed by atoms with E-state index in [9.17, 15) is 9.59 Å². The first-order valence-electron chi connectivity index (χ1n) is 6.74. The van der Waals surface area contributed by atoms with Crippen LogP contribution in [0.25, 0.3) is 0 Å². The molecule has 0 unspecified atom stereocenters. The Bertz CT molecular complexity index is 756. The van der Waals surface area contributed by atoms with E-state index >= 15 is 0 Å². The van der Waals surface area contributed by atoms with Gasteiger partial charge in [0.1, 0.15) is 5.82 Å². The van der Waals surface area contributed by atoms with Crippen LogP contribution < -0.4 is 21.2 Å². The van der Waals surface area contributed by atoms with Crippen molar-refractivity contribution in [1.82, 2.24) is 9.55 Å². The summed E-state index contributed by atoms with van der Waals surface area (Å²) in [6, 6.07) is 9.19. The number of nitrogens with zero attached hydrogens (tertiary/aromatic N) is 4. The molecule has 116 valence electrons. The predicted molar refractivity (Wildman–Crippen MR) is 89.1 cm³/mol. The highest BCUT2D eigenvalue weighted by molar-refractivity contribution is 5.81. The number of benzene rings is 1. The van der Waals surface area contributed by atoms with Gasteiger partial charge < -0.3 is 4.90 Å². The molecule has 22 heavy (non-hydrogen) atoms. The fourth-order valence-electron chi connectivity index (χ4n) is 1.79. The molecule has 1 heterocycles. The normalized spacial score (nSPS) is 10.9. The van der Waals surface area contributed by atoms with Crippen molar-refractivity contribution in [2.45, 2.75) is 0 Å². The van der Waals surface area contributed by atoms with Crippen molar-refractivity contribution in [3.8, 4) is 0 Å². The van der Waals surface area contributed by atoms with Gasteiger partial charge in [-0.1, -0.05) is 12.1 Å². The quantitative estimate of drug-likeness (QED) is 0.663. The van der Waals surface area contributed by atoms with Gasteiger partial charge in [0.05, 0.1) is 6.21 Å². The van der Waals surface area contributed by atoms with Crippen molar-refractivity contribution in [2.75, 3.05) is 31.1 Å². The van der Waals surface area contributed by atoms with E-state index in [1.165, 1.54) is 18.1 Å². The Hall–Kier alpha value is -2.83. The summed E-state index contributed by atoms with van der Waals surface area (Å²) in [5.74, 6) is 0.342. The summed E-state index contributed by atoms with van der Waals surface area (Å²) in [7, 11) is 7.03. The molecule has 0 aliphatic rings. The van der Waals surface area contributed by atoms with Crippen LogP contribution in [0.2, 0.25) is 0 Å². The van der Waals surface area contributed by atoms with Gasteiger partial charge in [0, 0.05) is 39.9 Å². The number of aromatic amines is 1. The minimum absolute atomic E-state index is 0.342. The van der Waals surface area contributed by atoms with E-state index in [-0.39, 0.29) is 5.56 Å². The molecule has 1 N–H and O–H groups in total. The van der Waals surface area contributed by atoms with Gasteiger partial charge >= 0.3 is 5.69 Å². The molecule has 7 heteroatoms. The Morgan fingerprint density at radius 1 is 1.14 bits per heavy atom. The Kier molecular flexibility index (Phi) is 4.45. The summed E-state index contributed by atoms with van der Waals surface area (Å²) in [4.78, 5) is 27.8. The van der Waals surface area contributed by atoms with Gasteiger partial charge in [-0.2, -0.15) is 5.10 Å². The summed E-state index contributed by atoms with van der Waals surface area (Å²) < 4.78 is 1.00. The van der Waals surface area contributed by atoms with Gasteiger partial charge in [0.25, 0.3) is 5.56 Å². The molecule has 2 aromatic rings. The molecular weight excluding hydrogens is 282 g/mol. The molecule has 0 saturated heterocycles. The topological polar surface area (TPSA) is 73.7 Å². The van der Waals surface area contributed by atoms with Gasteiger partial charge in [-0.15, -0.1) is 0 Å². The lowest BCUT2D eigenvalue weighted by molar-refractivity contribution is 0.766. The van der Waals surface area contributed by atoms with Gasteiger partial charge in [-0.05, 0) is 17.7 Å². The summed E-state index contributed by atoms with van der Waals surface area (Å²) in [6.45, 7) is 0. The SMILES string of the molecule is CN(C)c1ccc(/C=N/N(C)c2cc(=O)n(C)c(=O)[nH]2)cc1. The molecule has 0 aliphatic heterocycles. The van der Waals surface area contributed by atoms with E-state index in [4.69, 9.17) is 0 Å². The van der Waals surface area contributed by atoms with Crippen LogP contribution in [0.1, 0.15) is 5.56 Å². The number of nitrogens with one attached hydrogen (secondary N) is 1. The van der Waals surface area contributed by atoms with Crippen LogP contribution in [0, 0.1) is 0 Å². The number of hydrazone groups is 1. The molecule has 0 saturated carbocycles. The Balaban J connectivity index is 2.19. The molecule has 0 radical (unpaired) electrons. The van der Waals surface area contributed by atoms with Gasteiger partial charge in [-0.3, -0.25) is 19.4 Å². The number of H-pyrrole nitrogens is 1. The summed E-state index contributed by atoms with van der Waals surface area (Å²) in [5, 5.41) is 5.67. The largest absolute Gasteiger partial charge is 0.378 e. The molecular formula is C15H19N5O2. The molecule has 1 aromatic carbocycles. The number of hydrogen-bond acceptors (Lipinski definition) is 5. The highest BCUT2D eigenvalue weighted by Gasteiger charge is 2.04. The number of hydrogen-bond donors (Lipinski definition) is 1. The van der Waals surface area contributed by atoms with E-state index in [0.29, 0.717) is 5.82 Å². The zero-order chi connectivity index (χ0) is 16.3. The van der Waals surface area contributed by atoms with E-state index in [0.717, 1.165) is 15.8 Å². The average molecular weight is 301 g/mol. The van der Waals surface area contributed by atoms with Crippen molar-refractivity contribution >= 4 is 17.7 Å². The molecule has 1 aromatic heterocycles. The summed E-state index contributed by atoms with van der Waals surface area (Å²) in [5.41, 5.74) is 1.17. The van der Waals surface area contributed by atoms with Crippen LogP contribution in [0.5, 0.6) is 0 Å². The smallest absolute Gasteiger partial charge is 0.329 e. The molecule has 0 amide bonds. The third-order valence-electron chi connectivity index (χ3n) is 3.27. The van der Waals surface area contributed by atoms with Crippen LogP contribution >= 0.6 is 0 Å². The first kappa shape index (κ1) is 15.6. The van der Waals surface area contributed by atoms with Crippen LogP contribution in [-0.2, 0) is 7.05 Å². The van der Waals surface area contributed by atoms with E-state index in [2.05, 4.69) is 10.1 Å². The number of rotatable bonds is 4. The van der Waals surface area contributed by atoms with Crippen molar-refractivity contribution in [3.63, 3.8) is 0 Å². The third kappa shape index (κ3) is 3.43. The maximum atomic E-state index is 11.6. The molecule has 0 aliphatic carbocycles. The molecule has 2 rings (SSSR count). The minimum atomic E-state index is -0.472. The van der Waals surface area contributed by atoms with E-state index in [1.54, 1.807) is 13.3 Å². The van der Waals surface area contributed by atoms with Crippen LogP contribution in [0.15, 0.2) is 45.0 Å². The second-order valence-electron chi connectivity index (χ2n) is 5.11. The number of anilines is 2. The van der Waals surface area contributed by atoms with Crippen LogP contribution in [-0.4, -0.2) is 36.9 Å². The second-order valence-corrected chi connectivity index (χ2v) is 5.11. The first-order chi connectivity index (χ1) is 10.4. The molecule has 0 bridgehead atoms. The number of aromatic nitrogens is 2.